The van der Waals surface area contributed by atoms with Gasteiger partial charge in [0.05, 0.1) is 13.0 Å². The van der Waals surface area contributed by atoms with Crippen LogP contribution in [0.4, 0.5) is 0 Å². The second-order valence-electron chi connectivity index (χ2n) is 7.83. The Morgan fingerprint density at radius 1 is 1.17 bits per heavy atom. The van der Waals surface area contributed by atoms with Crippen molar-refractivity contribution in [1.82, 2.24) is 4.90 Å². The van der Waals surface area contributed by atoms with E-state index in [1.807, 2.05) is 38.1 Å². The van der Waals surface area contributed by atoms with Gasteiger partial charge >= 0.3 is 5.97 Å². The van der Waals surface area contributed by atoms with Gasteiger partial charge in [-0.15, -0.1) is 0 Å². The number of rotatable bonds is 5. The van der Waals surface area contributed by atoms with Crippen LogP contribution in [0.1, 0.15) is 50.9 Å². The molecule has 0 atom stereocenters. The van der Waals surface area contributed by atoms with Crippen LogP contribution in [0.15, 0.2) is 18.2 Å². The van der Waals surface area contributed by atoms with E-state index in [2.05, 4.69) is 6.07 Å². The number of hydrogen-bond acceptors (Lipinski definition) is 3. The molecule has 0 radical (unpaired) electrons. The molecule has 0 spiro atoms. The fourth-order valence-electron chi connectivity index (χ4n) is 4.46. The number of nitrogens with zero attached hydrogens (tertiary/aromatic N) is 1. The molecule has 2 heterocycles. The predicted molar refractivity (Wildman–Crippen MR) is 112 cm³/mol. The van der Waals surface area contributed by atoms with Gasteiger partial charge in [0.1, 0.15) is 5.75 Å². The summed E-state index contributed by atoms with van der Waals surface area (Å²) < 4.78 is 5.69. The van der Waals surface area contributed by atoms with Crippen LogP contribution >= 0.6 is 0 Å². The van der Waals surface area contributed by atoms with Crippen LogP contribution in [0.25, 0.3) is 12.2 Å². The number of fused-ring (bicyclic) bond motifs is 2. The maximum atomic E-state index is 11.5. The molecule has 2 aromatic carbocycles. The second kappa shape index (κ2) is 7.74. The van der Waals surface area contributed by atoms with Gasteiger partial charge in [0.25, 0.3) is 0 Å². The Morgan fingerprint density at radius 2 is 1.93 bits per heavy atom. The number of ether oxygens (including phenoxy) is 1. The van der Waals surface area contributed by atoms with Crippen LogP contribution in [-0.2, 0) is 35.5 Å². The summed E-state index contributed by atoms with van der Waals surface area (Å²) in [5.74, 6) is 0.108. The van der Waals surface area contributed by atoms with Crippen molar-refractivity contribution in [3.8, 4) is 5.75 Å². The topological polar surface area (TPSA) is 66.8 Å². The summed E-state index contributed by atoms with van der Waals surface area (Å²) in [6.45, 7) is 5.89. The predicted octanol–water partition coefficient (Wildman–Crippen LogP) is 3.90. The Kier molecular flexibility index (Phi) is 5.14. The van der Waals surface area contributed by atoms with Crippen LogP contribution in [0.5, 0.6) is 5.75 Å². The zero-order chi connectivity index (χ0) is 20.5. The Labute approximate surface area is 170 Å². The smallest absolute Gasteiger partial charge is 0.307 e. The number of aryl methyl sites for hydroxylation is 1. The molecule has 2 aromatic rings. The molecule has 0 saturated heterocycles. The highest BCUT2D eigenvalue weighted by Crippen LogP contribution is 2.35. The monoisotopic (exact) mass is 391 g/mol. The number of aliphatic carboxylic acids is 1. The third kappa shape index (κ3) is 3.65. The van der Waals surface area contributed by atoms with Crippen molar-refractivity contribution < 1.29 is 19.4 Å². The standard InChI is InChI=1S/C24H25NO4/c1-15-19(7-5-17-6-8-23-18(10-17)4-3-9-29-23)20(11-24(27)28)16(2)22-13-25(14-26)12-21(15)22/h5-8,10,14H,3-4,9,11-13H2,1-2H3,(H,27,28)/b7-5+. The van der Waals surface area contributed by atoms with Gasteiger partial charge in [-0.05, 0) is 83.3 Å². The van der Waals surface area contributed by atoms with E-state index in [1.165, 1.54) is 5.56 Å². The van der Waals surface area contributed by atoms with Gasteiger partial charge < -0.3 is 14.7 Å². The van der Waals surface area contributed by atoms with Gasteiger partial charge in [-0.1, -0.05) is 18.2 Å². The van der Waals surface area contributed by atoms with Crippen molar-refractivity contribution in [2.45, 2.75) is 46.2 Å². The number of carbonyl (C=O) groups excluding carboxylic acids is 1. The number of amides is 1. The summed E-state index contributed by atoms with van der Waals surface area (Å²) in [5, 5.41) is 9.47. The molecule has 29 heavy (non-hydrogen) atoms. The summed E-state index contributed by atoms with van der Waals surface area (Å²) in [4.78, 5) is 24.5. The van der Waals surface area contributed by atoms with E-state index in [4.69, 9.17) is 4.74 Å². The van der Waals surface area contributed by atoms with Crippen LogP contribution in [0.2, 0.25) is 0 Å². The zero-order valence-corrected chi connectivity index (χ0v) is 16.8. The molecule has 150 valence electrons. The molecule has 0 bridgehead atoms. The van der Waals surface area contributed by atoms with Crippen molar-refractivity contribution in [3.63, 3.8) is 0 Å². The Morgan fingerprint density at radius 3 is 2.66 bits per heavy atom. The van der Waals surface area contributed by atoms with Crippen molar-refractivity contribution in [2.24, 2.45) is 0 Å². The van der Waals surface area contributed by atoms with Crippen LogP contribution in [0, 0.1) is 13.8 Å². The lowest BCUT2D eigenvalue weighted by Gasteiger charge is -2.18. The first-order valence-corrected chi connectivity index (χ1v) is 9.96. The highest BCUT2D eigenvalue weighted by Gasteiger charge is 2.26. The minimum absolute atomic E-state index is 0.0290. The maximum Gasteiger partial charge on any atom is 0.307 e. The minimum Gasteiger partial charge on any atom is -0.493 e. The fourth-order valence-corrected chi connectivity index (χ4v) is 4.46. The van der Waals surface area contributed by atoms with E-state index in [-0.39, 0.29) is 6.42 Å². The lowest BCUT2D eigenvalue weighted by molar-refractivity contribution is -0.136. The highest BCUT2D eigenvalue weighted by atomic mass is 16.5. The van der Waals surface area contributed by atoms with Gasteiger partial charge in [-0.2, -0.15) is 0 Å². The molecule has 2 aliphatic rings. The maximum absolute atomic E-state index is 11.5. The number of carbonyl (C=O) groups is 2. The number of carboxylic acid groups (broad SMARTS) is 1. The van der Waals surface area contributed by atoms with E-state index >= 15 is 0 Å². The summed E-state index contributed by atoms with van der Waals surface area (Å²) in [7, 11) is 0. The van der Waals surface area contributed by atoms with Crippen molar-refractivity contribution in [3.05, 3.63) is 62.7 Å². The summed E-state index contributed by atoms with van der Waals surface area (Å²) in [6, 6.07) is 6.18. The van der Waals surface area contributed by atoms with Crippen molar-refractivity contribution in [1.29, 1.82) is 0 Å². The van der Waals surface area contributed by atoms with Crippen LogP contribution in [-0.4, -0.2) is 29.0 Å². The minimum atomic E-state index is -0.849. The molecule has 0 aromatic heterocycles. The van der Waals surface area contributed by atoms with E-state index in [1.54, 1.807) is 4.90 Å². The first-order chi connectivity index (χ1) is 14.0. The summed E-state index contributed by atoms with van der Waals surface area (Å²) in [5.41, 5.74) is 8.34. The lowest BCUT2D eigenvalue weighted by atomic mass is 9.87. The molecule has 5 nitrogen and oxygen atoms in total. The molecule has 2 aliphatic heterocycles. The molecule has 5 heteroatoms. The summed E-state index contributed by atoms with van der Waals surface area (Å²) >= 11 is 0. The number of benzene rings is 2. The molecular formula is C24H25NO4. The lowest BCUT2D eigenvalue weighted by Crippen LogP contribution is -2.13. The molecule has 0 unspecified atom stereocenters. The van der Waals surface area contributed by atoms with E-state index in [0.29, 0.717) is 13.1 Å². The third-order valence-corrected chi connectivity index (χ3v) is 6.03. The molecule has 1 amide bonds. The van der Waals surface area contributed by atoms with Gasteiger partial charge in [0.15, 0.2) is 0 Å². The van der Waals surface area contributed by atoms with E-state index < -0.39 is 5.97 Å². The van der Waals surface area contributed by atoms with Crippen LogP contribution < -0.4 is 4.74 Å². The molecular weight excluding hydrogens is 366 g/mol. The van der Waals surface area contributed by atoms with Gasteiger partial charge in [0, 0.05) is 13.1 Å². The molecule has 0 saturated carbocycles. The molecule has 4 rings (SSSR count). The van der Waals surface area contributed by atoms with E-state index in [9.17, 15) is 14.7 Å². The first kappa shape index (κ1) is 19.2. The van der Waals surface area contributed by atoms with Crippen molar-refractivity contribution >= 4 is 24.5 Å². The highest BCUT2D eigenvalue weighted by molar-refractivity contribution is 5.80. The first-order valence-electron chi connectivity index (χ1n) is 9.96. The van der Waals surface area contributed by atoms with Gasteiger partial charge in [-0.3, -0.25) is 9.59 Å². The largest absolute Gasteiger partial charge is 0.493 e. The SMILES string of the molecule is Cc1c(/C=C/c2ccc3c(c2)CCCO3)c(CC(=O)O)c(C)c2c1CN(C=O)C2. The Balaban J connectivity index is 1.76. The fraction of sp³-hybridized carbons (Fsp3) is 0.333. The zero-order valence-electron chi connectivity index (χ0n) is 16.8. The third-order valence-electron chi connectivity index (χ3n) is 6.03. The summed E-state index contributed by atoms with van der Waals surface area (Å²) in [6.07, 6.45) is 6.94. The van der Waals surface area contributed by atoms with Crippen molar-refractivity contribution in [2.75, 3.05) is 6.61 Å². The van der Waals surface area contributed by atoms with Crippen LogP contribution in [0.3, 0.4) is 0 Å². The van der Waals surface area contributed by atoms with Gasteiger partial charge in [-0.25, -0.2) is 0 Å². The van der Waals surface area contributed by atoms with Gasteiger partial charge in [0.2, 0.25) is 6.41 Å². The van der Waals surface area contributed by atoms with E-state index in [0.717, 1.165) is 70.6 Å². The quantitative estimate of drug-likeness (QED) is 0.620. The average Bonchev–Trinajstić information content (AvgIpc) is 3.16. The Hall–Kier alpha value is -3.08. The molecule has 0 aliphatic carbocycles. The normalized spacial score (nSPS) is 15.2. The number of hydrogen-bond donors (Lipinski definition) is 1. The number of carboxylic acids is 1. The average molecular weight is 391 g/mol. The molecule has 0 fully saturated rings. The molecule has 1 N–H and O–H groups in total. The second-order valence-corrected chi connectivity index (χ2v) is 7.83. The Bertz CT molecular complexity index is 1020.